The minimum Gasteiger partial charge on any atom is -0.368 e. The van der Waals surface area contributed by atoms with E-state index in [1.165, 1.54) is 12.1 Å². The topological polar surface area (TPSA) is 94.2 Å². The molecule has 2 aliphatic rings. The number of amides is 1. The number of rotatable bonds is 4. The maximum Gasteiger partial charge on any atom is 0.269 e. The summed E-state index contributed by atoms with van der Waals surface area (Å²) in [5.41, 5.74) is 1.48. The highest BCUT2D eigenvalue weighted by atomic mass is 19.1. The van der Waals surface area contributed by atoms with Crippen LogP contribution in [-0.4, -0.2) is 65.0 Å². The third kappa shape index (κ3) is 4.16. The molecule has 2 unspecified atom stereocenters. The number of aromatic nitrogens is 3. The molecule has 3 heterocycles. The lowest BCUT2D eigenvalue weighted by Gasteiger charge is -2.39. The lowest BCUT2D eigenvalue weighted by molar-refractivity contribution is 0.0958. The van der Waals surface area contributed by atoms with Gasteiger partial charge in [-0.3, -0.25) is 14.5 Å². The first-order chi connectivity index (χ1) is 16.4. The van der Waals surface area contributed by atoms with Gasteiger partial charge >= 0.3 is 0 Å². The molecular formula is C25H29FN6O2. The highest BCUT2D eigenvalue weighted by Crippen LogP contribution is 2.41. The molecule has 2 atom stereocenters. The summed E-state index contributed by atoms with van der Waals surface area (Å²) in [6, 6.07) is 8.30. The van der Waals surface area contributed by atoms with Crippen molar-refractivity contribution in [2.75, 3.05) is 38.1 Å². The highest BCUT2D eigenvalue weighted by Gasteiger charge is 2.41. The van der Waals surface area contributed by atoms with Gasteiger partial charge in [-0.05, 0) is 49.6 Å². The van der Waals surface area contributed by atoms with Crippen molar-refractivity contribution < 1.29 is 9.18 Å². The minimum absolute atomic E-state index is 0.185. The molecule has 178 valence electrons. The van der Waals surface area contributed by atoms with E-state index in [2.05, 4.69) is 32.0 Å². The number of aromatic amines is 1. The molecule has 2 fully saturated rings. The zero-order valence-electron chi connectivity index (χ0n) is 19.5. The number of fused-ring (bicyclic) bond motifs is 1. The summed E-state index contributed by atoms with van der Waals surface area (Å²) in [4.78, 5) is 41.0. The summed E-state index contributed by atoms with van der Waals surface area (Å²) in [6.45, 7) is 5.84. The molecule has 5 rings (SSSR count). The Morgan fingerprint density at radius 1 is 1.21 bits per heavy atom. The number of hydrogen-bond donors (Lipinski definition) is 2. The van der Waals surface area contributed by atoms with Crippen LogP contribution in [-0.2, 0) is 5.41 Å². The lowest BCUT2D eigenvalue weighted by Crippen LogP contribution is -2.50. The minimum atomic E-state index is -0.433. The molecule has 34 heavy (non-hydrogen) atoms. The fourth-order valence-electron chi connectivity index (χ4n) is 5.31. The zero-order chi connectivity index (χ0) is 23.9. The number of carbonyl (C=O) groups excluding carboxylic acids is 1. The van der Waals surface area contributed by atoms with E-state index in [9.17, 15) is 14.0 Å². The molecule has 1 saturated heterocycles. The van der Waals surface area contributed by atoms with Gasteiger partial charge in [0.05, 0.1) is 22.8 Å². The monoisotopic (exact) mass is 464 g/mol. The van der Waals surface area contributed by atoms with Gasteiger partial charge in [-0.1, -0.05) is 6.92 Å². The predicted molar refractivity (Wildman–Crippen MR) is 129 cm³/mol. The van der Waals surface area contributed by atoms with Crippen LogP contribution in [0.4, 0.5) is 10.1 Å². The zero-order valence-corrected chi connectivity index (χ0v) is 19.5. The van der Waals surface area contributed by atoms with Crippen molar-refractivity contribution in [3.8, 4) is 0 Å². The summed E-state index contributed by atoms with van der Waals surface area (Å²) >= 11 is 0. The lowest BCUT2D eigenvalue weighted by atomic mass is 9.87. The Bertz CT molecular complexity index is 1270. The van der Waals surface area contributed by atoms with Crippen molar-refractivity contribution >= 4 is 22.5 Å². The molecule has 0 spiro atoms. The summed E-state index contributed by atoms with van der Waals surface area (Å²) in [6.07, 6.45) is 4.67. The van der Waals surface area contributed by atoms with Crippen LogP contribution in [0.5, 0.6) is 0 Å². The molecule has 1 aliphatic carbocycles. The number of benzene rings is 1. The normalized spacial score (nSPS) is 23.4. The fraction of sp³-hybridized carbons (Fsp3) is 0.440. The molecular weight excluding hydrogens is 435 g/mol. The average molecular weight is 465 g/mol. The molecule has 2 aromatic heterocycles. The number of halogens is 1. The van der Waals surface area contributed by atoms with E-state index in [-0.39, 0.29) is 22.3 Å². The Kier molecular flexibility index (Phi) is 5.81. The molecule has 1 saturated carbocycles. The number of piperazine rings is 1. The number of carbonyl (C=O) groups is 1. The first kappa shape index (κ1) is 22.5. The number of hydrogen-bond acceptors (Lipinski definition) is 6. The van der Waals surface area contributed by atoms with E-state index < -0.39 is 5.82 Å². The second-order valence-corrected chi connectivity index (χ2v) is 9.54. The van der Waals surface area contributed by atoms with Crippen molar-refractivity contribution in [2.45, 2.75) is 37.6 Å². The molecule has 1 aliphatic heterocycles. The number of H-pyrrole nitrogens is 1. The molecule has 9 heteroatoms. The number of pyridine rings is 1. The van der Waals surface area contributed by atoms with E-state index in [1.54, 1.807) is 25.4 Å². The van der Waals surface area contributed by atoms with Gasteiger partial charge in [-0.15, -0.1) is 0 Å². The van der Waals surface area contributed by atoms with Gasteiger partial charge in [0.15, 0.2) is 0 Å². The molecule has 0 bridgehead atoms. The molecule has 1 aromatic carbocycles. The fourth-order valence-corrected chi connectivity index (χ4v) is 5.31. The average Bonchev–Trinajstić information content (AvgIpc) is 3.27. The second kappa shape index (κ2) is 8.79. The van der Waals surface area contributed by atoms with Crippen molar-refractivity contribution in [3.05, 3.63) is 64.2 Å². The van der Waals surface area contributed by atoms with E-state index >= 15 is 0 Å². The van der Waals surface area contributed by atoms with Crippen LogP contribution < -0.4 is 15.8 Å². The summed E-state index contributed by atoms with van der Waals surface area (Å²) in [5.74, 6) is 0.0760. The Morgan fingerprint density at radius 3 is 2.71 bits per heavy atom. The van der Waals surface area contributed by atoms with E-state index in [0.717, 1.165) is 51.1 Å². The van der Waals surface area contributed by atoms with Gasteiger partial charge in [-0.2, -0.15) is 0 Å². The van der Waals surface area contributed by atoms with Gasteiger partial charge in [0, 0.05) is 44.7 Å². The Morgan fingerprint density at radius 2 is 2.00 bits per heavy atom. The largest absolute Gasteiger partial charge is 0.368 e. The number of nitrogens with zero attached hydrogens (tertiary/aromatic N) is 4. The van der Waals surface area contributed by atoms with E-state index in [1.807, 2.05) is 6.07 Å². The maximum absolute atomic E-state index is 13.5. The quantitative estimate of drug-likeness (QED) is 0.616. The third-order valence-electron chi connectivity index (χ3n) is 7.36. The molecule has 3 aromatic rings. The number of anilines is 1. The molecule has 2 N–H and O–H groups in total. The highest BCUT2D eigenvalue weighted by molar-refractivity contribution is 5.92. The molecule has 0 radical (unpaired) electrons. The summed E-state index contributed by atoms with van der Waals surface area (Å²) < 4.78 is 13.5. The van der Waals surface area contributed by atoms with Crippen LogP contribution in [0.2, 0.25) is 0 Å². The van der Waals surface area contributed by atoms with Crippen molar-refractivity contribution in [1.82, 2.24) is 25.2 Å². The van der Waals surface area contributed by atoms with Gasteiger partial charge in [-0.25, -0.2) is 14.4 Å². The van der Waals surface area contributed by atoms with Crippen LogP contribution in [0.25, 0.3) is 10.9 Å². The first-order valence-electron chi connectivity index (χ1n) is 11.7. The van der Waals surface area contributed by atoms with Crippen molar-refractivity contribution in [2.24, 2.45) is 0 Å². The van der Waals surface area contributed by atoms with E-state index in [4.69, 9.17) is 4.98 Å². The summed E-state index contributed by atoms with van der Waals surface area (Å²) in [7, 11) is 1.60. The van der Waals surface area contributed by atoms with Gasteiger partial charge in [0.2, 0.25) is 0 Å². The number of nitrogens with one attached hydrogen (secondary N) is 2. The van der Waals surface area contributed by atoms with Crippen molar-refractivity contribution in [3.63, 3.8) is 0 Å². The Labute approximate surface area is 197 Å². The Hall–Kier alpha value is -3.33. The van der Waals surface area contributed by atoms with Gasteiger partial charge in [0.25, 0.3) is 11.5 Å². The smallest absolute Gasteiger partial charge is 0.269 e. The van der Waals surface area contributed by atoms with Gasteiger partial charge < -0.3 is 15.2 Å². The standard InChI is InChI=1S/C25H29FN6O2/c1-25(24-29-20-5-3-16(26)13-19(20)22(33)30-24)8-7-17(14-25)31-9-11-32(12-10-31)18-4-6-21(28-15-18)23(34)27-2/h3-6,13,15,17H,7-12,14H2,1-2H3,(H,27,34)(H,29,30,33). The first-order valence-corrected chi connectivity index (χ1v) is 11.7. The van der Waals surface area contributed by atoms with Crippen LogP contribution in [0.1, 0.15) is 42.5 Å². The van der Waals surface area contributed by atoms with Crippen molar-refractivity contribution in [1.29, 1.82) is 0 Å². The van der Waals surface area contributed by atoms with Crippen LogP contribution in [0.15, 0.2) is 41.3 Å². The Balaban J connectivity index is 1.24. The van der Waals surface area contributed by atoms with Crippen LogP contribution >= 0.6 is 0 Å². The predicted octanol–water partition coefficient (Wildman–Crippen LogP) is 2.45. The van der Waals surface area contributed by atoms with Gasteiger partial charge in [0.1, 0.15) is 17.3 Å². The molecule has 1 amide bonds. The summed E-state index contributed by atoms with van der Waals surface area (Å²) in [5, 5.41) is 2.88. The molecule has 8 nitrogen and oxygen atoms in total. The van der Waals surface area contributed by atoms with Crippen LogP contribution in [0.3, 0.4) is 0 Å². The maximum atomic E-state index is 13.5. The van der Waals surface area contributed by atoms with Crippen LogP contribution in [0, 0.1) is 5.82 Å². The van der Waals surface area contributed by atoms with E-state index in [0.29, 0.717) is 23.1 Å². The third-order valence-corrected chi connectivity index (χ3v) is 7.36. The second-order valence-electron chi connectivity index (χ2n) is 9.54. The SMILES string of the molecule is CNC(=O)c1ccc(N2CCN(C3CCC(C)(c4nc5ccc(F)cc5c(=O)[nH]4)C3)CC2)cn1.